The molecule has 0 amide bonds. The molecule has 0 aliphatic heterocycles. The lowest BCUT2D eigenvalue weighted by Crippen LogP contribution is -2.21. The van der Waals surface area contributed by atoms with Crippen molar-refractivity contribution in [1.82, 2.24) is 0 Å². The SMILES string of the molecule is O=[C]c1cccc(C(=O)C(Cl)(Cl)Cl)c1[C]=O. The molecular weight excluding hydrogens is 274 g/mol. The number of halogens is 3. The third-order valence-corrected chi connectivity index (χ3v) is 2.29. The maximum absolute atomic E-state index is 11.6. The van der Waals surface area contributed by atoms with Gasteiger partial charge in [0.05, 0.1) is 0 Å². The van der Waals surface area contributed by atoms with Crippen LogP contribution in [0.25, 0.3) is 0 Å². The molecule has 0 unspecified atom stereocenters. The molecule has 0 atom stereocenters. The topological polar surface area (TPSA) is 51.2 Å². The normalized spacial score (nSPS) is 10.9. The number of carbonyl (C=O) groups is 1. The van der Waals surface area contributed by atoms with Crippen LogP contribution in [0.1, 0.15) is 21.5 Å². The molecule has 1 aromatic carbocycles. The Bertz CT molecular complexity index is 449. The largest absolute Gasteiger partial charge is 0.289 e. The second kappa shape index (κ2) is 4.95. The summed E-state index contributed by atoms with van der Waals surface area (Å²) in [6.45, 7) is 0. The van der Waals surface area contributed by atoms with E-state index in [0.29, 0.717) is 0 Å². The smallest absolute Gasteiger partial charge is 0.253 e. The van der Waals surface area contributed by atoms with Crippen LogP contribution in [0.3, 0.4) is 0 Å². The van der Waals surface area contributed by atoms with Gasteiger partial charge in [0.1, 0.15) is 0 Å². The summed E-state index contributed by atoms with van der Waals surface area (Å²) in [6, 6.07) is 3.96. The molecule has 0 aromatic heterocycles. The molecule has 0 bridgehead atoms. The van der Waals surface area contributed by atoms with Crippen molar-refractivity contribution in [2.24, 2.45) is 0 Å². The first-order valence-corrected chi connectivity index (χ1v) is 5.06. The van der Waals surface area contributed by atoms with E-state index in [4.69, 9.17) is 34.8 Å². The highest BCUT2D eigenvalue weighted by Crippen LogP contribution is 2.31. The number of Topliss-reactive ketones (excluding diaryl/α,β-unsaturated/α-hetero) is 1. The molecule has 2 radical (unpaired) electrons. The van der Waals surface area contributed by atoms with E-state index in [1.807, 2.05) is 0 Å². The predicted octanol–water partition coefficient (Wildman–Crippen LogP) is 2.16. The standard InChI is InChI=1S/C10H3Cl3O3/c11-10(12,13)9(16)7-3-1-2-6(4-14)8(7)5-15/h1-3H. The fourth-order valence-corrected chi connectivity index (χ4v) is 1.39. The molecule has 0 saturated carbocycles. The summed E-state index contributed by atoms with van der Waals surface area (Å²) < 4.78 is -2.19. The number of benzene rings is 1. The van der Waals surface area contributed by atoms with Crippen molar-refractivity contribution in [2.75, 3.05) is 0 Å². The van der Waals surface area contributed by atoms with Crippen LogP contribution in [-0.2, 0) is 9.59 Å². The quantitative estimate of drug-likeness (QED) is 0.628. The highest BCUT2D eigenvalue weighted by Gasteiger charge is 2.33. The Labute approximate surface area is 106 Å². The van der Waals surface area contributed by atoms with E-state index >= 15 is 0 Å². The van der Waals surface area contributed by atoms with E-state index < -0.39 is 9.58 Å². The Morgan fingerprint density at radius 1 is 1.12 bits per heavy atom. The molecule has 6 heteroatoms. The summed E-state index contributed by atoms with van der Waals surface area (Å²) >= 11 is 16.2. The summed E-state index contributed by atoms with van der Waals surface area (Å²) in [7, 11) is 0. The Morgan fingerprint density at radius 3 is 2.19 bits per heavy atom. The molecule has 82 valence electrons. The minimum Gasteiger partial charge on any atom is -0.289 e. The Hall–Kier alpha value is -0.900. The number of carbonyl (C=O) groups excluding carboxylic acids is 3. The van der Waals surface area contributed by atoms with Crippen molar-refractivity contribution in [1.29, 1.82) is 0 Å². The van der Waals surface area contributed by atoms with E-state index in [0.717, 1.165) is 0 Å². The summed E-state index contributed by atoms with van der Waals surface area (Å²) in [5, 5.41) is 0. The van der Waals surface area contributed by atoms with Crippen LogP contribution < -0.4 is 0 Å². The van der Waals surface area contributed by atoms with Gasteiger partial charge in [-0.05, 0) is 0 Å². The Balaban J connectivity index is 3.40. The van der Waals surface area contributed by atoms with E-state index in [1.165, 1.54) is 30.8 Å². The summed E-state index contributed by atoms with van der Waals surface area (Å²) in [5.41, 5.74) is -0.528. The zero-order valence-electron chi connectivity index (χ0n) is 7.59. The number of alkyl halides is 3. The molecule has 0 aliphatic carbocycles. The lowest BCUT2D eigenvalue weighted by Gasteiger charge is -2.11. The maximum Gasteiger partial charge on any atom is 0.253 e. The van der Waals surface area contributed by atoms with Crippen LogP contribution >= 0.6 is 34.8 Å². The first kappa shape index (κ1) is 13.2. The molecule has 0 fully saturated rings. The third kappa shape index (κ3) is 2.61. The predicted molar refractivity (Wildman–Crippen MR) is 60.7 cm³/mol. The average Bonchev–Trinajstić information content (AvgIpc) is 2.25. The number of hydrogen-bond acceptors (Lipinski definition) is 3. The molecule has 0 saturated heterocycles. The van der Waals surface area contributed by atoms with E-state index in [9.17, 15) is 14.4 Å². The fraction of sp³-hybridized carbons (Fsp3) is 0.100. The summed E-state index contributed by atoms with van der Waals surface area (Å²) in [5.74, 6) is -0.895. The number of ketones is 1. The van der Waals surface area contributed by atoms with Gasteiger partial charge in [-0.2, -0.15) is 0 Å². The highest BCUT2D eigenvalue weighted by molar-refractivity contribution is 6.77. The van der Waals surface area contributed by atoms with Gasteiger partial charge >= 0.3 is 0 Å². The zero-order valence-corrected chi connectivity index (χ0v) is 9.86. The first-order chi connectivity index (χ1) is 7.41. The average molecular weight is 277 g/mol. The molecule has 3 nitrogen and oxygen atoms in total. The van der Waals surface area contributed by atoms with Crippen molar-refractivity contribution >= 4 is 53.2 Å². The molecule has 0 spiro atoms. The lowest BCUT2D eigenvalue weighted by molar-refractivity contribution is 0.0996. The van der Waals surface area contributed by atoms with Crippen molar-refractivity contribution in [2.45, 2.75) is 3.79 Å². The van der Waals surface area contributed by atoms with Crippen LogP contribution in [0.5, 0.6) is 0 Å². The van der Waals surface area contributed by atoms with Gasteiger partial charge in [0.25, 0.3) is 3.79 Å². The van der Waals surface area contributed by atoms with Gasteiger partial charge in [-0.1, -0.05) is 53.0 Å². The van der Waals surface area contributed by atoms with Gasteiger partial charge in [-0.3, -0.25) is 14.4 Å². The fourth-order valence-electron chi connectivity index (χ4n) is 1.09. The molecule has 16 heavy (non-hydrogen) atoms. The molecule has 0 N–H and O–H groups in total. The van der Waals surface area contributed by atoms with E-state index in [2.05, 4.69) is 0 Å². The molecular formula is C10H3Cl3O3. The van der Waals surface area contributed by atoms with Gasteiger partial charge < -0.3 is 0 Å². The van der Waals surface area contributed by atoms with Gasteiger partial charge in [-0.25, -0.2) is 0 Å². The number of rotatable bonds is 3. The zero-order chi connectivity index (χ0) is 12.3. The van der Waals surface area contributed by atoms with Gasteiger partial charge in [-0.15, -0.1) is 0 Å². The minimum absolute atomic E-state index is 0.102. The van der Waals surface area contributed by atoms with Crippen molar-refractivity contribution < 1.29 is 14.4 Å². The minimum atomic E-state index is -2.19. The molecule has 1 aromatic rings. The van der Waals surface area contributed by atoms with Crippen LogP contribution in [-0.4, -0.2) is 22.1 Å². The lowest BCUT2D eigenvalue weighted by atomic mass is 10.0. The summed E-state index contributed by atoms with van der Waals surface area (Å²) in [4.78, 5) is 32.8. The van der Waals surface area contributed by atoms with E-state index in [-0.39, 0.29) is 16.7 Å². The van der Waals surface area contributed by atoms with Crippen molar-refractivity contribution in [3.05, 3.63) is 34.9 Å². The van der Waals surface area contributed by atoms with Crippen LogP contribution in [0.2, 0.25) is 0 Å². The second-order valence-electron chi connectivity index (χ2n) is 2.76. The van der Waals surface area contributed by atoms with Crippen molar-refractivity contribution in [3.8, 4) is 0 Å². The van der Waals surface area contributed by atoms with Crippen LogP contribution in [0.15, 0.2) is 18.2 Å². The summed E-state index contributed by atoms with van der Waals surface area (Å²) in [6.07, 6.45) is 2.96. The van der Waals surface area contributed by atoms with E-state index in [1.54, 1.807) is 0 Å². The van der Waals surface area contributed by atoms with Crippen LogP contribution in [0.4, 0.5) is 0 Å². The maximum atomic E-state index is 11.6. The Kier molecular flexibility index (Phi) is 4.08. The Morgan fingerprint density at radius 2 is 1.75 bits per heavy atom. The molecule has 1 rings (SSSR count). The van der Waals surface area contributed by atoms with Crippen molar-refractivity contribution in [3.63, 3.8) is 0 Å². The molecule has 0 aliphatic rings. The highest BCUT2D eigenvalue weighted by atomic mass is 35.6. The monoisotopic (exact) mass is 276 g/mol. The van der Waals surface area contributed by atoms with Gasteiger partial charge in [0.2, 0.25) is 18.4 Å². The van der Waals surface area contributed by atoms with Gasteiger partial charge in [0.15, 0.2) is 0 Å². The third-order valence-electron chi connectivity index (χ3n) is 1.78. The van der Waals surface area contributed by atoms with Gasteiger partial charge in [0, 0.05) is 16.7 Å². The second-order valence-corrected chi connectivity index (χ2v) is 5.04. The number of hydrogen-bond donors (Lipinski definition) is 0. The van der Waals surface area contributed by atoms with Crippen LogP contribution in [0, 0.1) is 0 Å². The first-order valence-electron chi connectivity index (χ1n) is 3.92. The molecule has 0 heterocycles.